The predicted molar refractivity (Wildman–Crippen MR) is 232 cm³/mol. The Morgan fingerprint density at radius 2 is 1.66 bits per heavy atom. The number of esters is 1. The maximum absolute atomic E-state index is 14.1. The fourth-order valence-corrected chi connectivity index (χ4v) is 9.33. The molecule has 1 unspecified atom stereocenters. The van der Waals surface area contributed by atoms with Gasteiger partial charge >= 0.3 is 30.2 Å². The lowest BCUT2D eigenvalue weighted by Crippen LogP contribution is -2.51. The number of alkyl halides is 3. The van der Waals surface area contributed by atoms with E-state index in [9.17, 15) is 41.9 Å². The molecule has 0 aromatic heterocycles. The summed E-state index contributed by atoms with van der Waals surface area (Å²) in [6.07, 6.45) is -1.34. The van der Waals surface area contributed by atoms with E-state index in [1.54, 1.807) is 16.8 Å². The van der Waals surface area contributed by atoms with Crippen LogP contribution in [0.2, 0.25) is 5.02 Å². The molecule has 0 bridgehead atoms. The van der Waals surface area contributed by atoms with Crippen LogP contribution in [-0.2, 0) is 47.7 Å². The van der Waals surface area contributed by atoms with Crippen LogP contribution in [0.5, 0.6) is 0 Å². The standard InChI is InChI=1S/C45H59ClF3N7O8/c1-29(31-12-20-54(21-13-31)41(59)42(60)63-25-7-18-53-17-6-5-10-38(53)57)11-19-52(2)40(58)37(28-30-26-34(45(47,48)49)39(50)35(46)27-30)64-44(62)55-22-15-33(16-23-55)56-24-14-32-8-3-4-9-36(32)51-43(56)61/h3-4,8-9,26-27,29,31,33,37H,5-7,10-25,28,50H2,1-2H3,(H,51,61)/t29?,37-/m1/s1. The number of likely N-dealkylation sites (N-methyl/N-ethyl adjacent to an activating group) is 1. The molecule has 6 rings (SSSR count). The average molecular weight is 918 g/mol. The lowest BCUT2D eigenvalue weighted by Gasteiger charge is -2.38. The van der Waals surface area contributed by atoms with Gasteiger partial charge < -0.3 is 45.0 Å². The van der Waals surface area contributed by atoms with E-state index >= 15 is 0 Å². The van der Waals surface area contributed by atoms with Gasteiger partial charge in [-0.15, -0.1) is 0 Å². The number of nitrogens with zero attached hydrogens (tertiary/aromatic N) is 5. The zero-order valence-corrected chi connectivity index (χ0v) is 37.3. The van der Waals surface area contributed by atoms with Gasteiger partial charge in [-0.3, -0.25) is 14.4 Å². The fourth-order valence-electron chi connectivity index (χ4n) is 9.08. The zero-order chi connectivity index (χ0) is 46.1. The molecule has 19 heteroatoms. The fraction of sp³-hybridized carbons (Fsp3) is 0.600. The van der Waals surface area contributed by atoms with Crippen LogP contribution in [0, 0.1) is 11.8 Å². The van der Waals surface area contributed by atoms with Gasteiger partial charge in [-0.2, -0.15) is 13.2 Å². The number of carbonyl (C=O) groups excluding carboxylic acids is 6. The third kappa shape index (κ3) is 12.3. The van der Waals surface area contributed by atoms with Gasteiger partial charge in [0.1, 0.15) is 0 Å². The number of ether oxygens (including phenoxy) is 2. The van der Waals surface area contributed by atoms with Crippen molar-refractivity contribution in [3.8, 4) is 0 Å². The maximum Gasteiger partial charge on any atom is 0.418 e. The molecule has 4 aliphatic rings. The lowest BCUT2D eigenvalue weighted by molar-refractivity contribution is -0.161. The van der Waals surface area contributed by atoms with Crippen LogP contribution in [0.3, 0.4) is 0 Å². The van der Waals surface area contributed by atoms with Gasteiger partial charge in [0, 0.05) is 84.0 Å². The van der Waals surface area contributed by atoms with E-state index in [1.165, 1.54) is 20.8 Å². The highest BCUT2D eigenvalue weighted by atomic mass is 35.5. The maximum atomic E-state index is 14.1. The number of rotatable bonds is 13. The minimum atomic E-state index is -4.83. The SMILES string of the molecule is CC(CCN(C)C(=O)[C@@H](Cc1cc(Cl)c(N)c(C(F)(F)F)c1)OC(=O)N1CCC(N2CCc3ccccc3NC2=O)CC1)C1CCN(C(=O)C(=O)OCCCN2CCCCC2=O)CC1. The van der Waals surface area contributed by atoms with Gasteiger partial charge in [0.05, 0.1) is 22.9 Å². The second-order valence-corrected chi connectivity index (χ2v) is 17.8. The van der Waals surface area contributed by atoms with Crippen molar-refractivity contribution in [1.82, 2.24) is 24.5 Å². The minimum Gasteiger partial charge on any atom is -0.458 e. The monoisotopic (exact) mass is 917 g/mol. The molecule has 15 nitrogen and oxygen atoms in total. The Morgan fingerprint density at radius 1 is 0.953 bits per heavy atom. The van der Waals surface area contributed by atoms with Crippen LogP contribution < -0.4 is 11.1 Å². The third-order valence-electron chi connectivity index (χ3n) is 13.1. The highest BCUT2D eigenvalue weighted by molar-refractivity contribution is 6.33. The number of likely N-dealkylation sites (tertiary alicyclic amines) is 3. The van der Waals surface area contributed by atoms with E-state index in [4.69, 9.17) is 26.8 Å². The van der Waals surface area contributed by atoms with Gasteiger partial charge in [-0.25, -0.2) is 14.4 Å². The summed E-state index contributed by atoms with van der Waals surface area (Å²) in [5.41, 5.74) is 5.66. The van der Waals surface area contributed by atoms with Crippen LogP contribution in [-0.4, -0.2) is 138 Å². The van der Waals surface area contributed by atoms with Gasteiger partial charge in [0.15, 0.2) is 6.10 Å². The molecule has 2 aromatic carbocycles. The van der Waals surface area contributed by atoms with Crippen LogP contribution in [0.1, 0.15) is 81.4 Å². The van der Waals surface area contributed by atoms with Gasteiger partial charge in [0.25, 0.3) is 5.91 Å². The topological polar surface area (TPSA) is 175 Å². The molecule has 3 N–H and O–H groups in total. The Morgan fingerprint density at radius 3 is 2.36 bits per heavy atom. The number of carbonyl (C=O) groups is 6. The summed E-state index contributed by atoms with van der Waals surface area (Å²) in [6, 6.07) is 9.28. The molecule has 0 radical (unpaired) electrons. The van der Waals surface area contributed by atoms with Crippen LogP contribution in [0.15, 0.2) is 36.4 Å². The highest BCUT2D eigenvalue weighted by Crippen LogP contribution is 2.38. The highest BCUT2D eigenvalue weighted by Gasteiger charge is 2.38. The molecule has 4 heterocycles. The van der Waals surface area contributed by atoms with E-state index in [0.717, 1.165) is 30.2 Å². The van der Waals surface area contributed by atoms with E-state index < -0.39 is 53.8 Å². The Kier molecular flexibility index (Phi) is 16.3. The summed E-state index contributed by atoms with van der Waals surface area (Å²) in [5.74, 6) is -1.87. The molecule has 6 amide bonds. The summed E-state index contributed by atoms with van der Waals surface area (Å²) < 4.78 is 52.8. The van der Waals surface area contributed by atoms with Crippen molar-refractivity contribution in [1.29, 1.82) is 0 Å². The number of amides is 6. The normalized spacial score (nSPS) is 18.7. The third-order valence-corrected chi connectivity index (χ3v) is 13.4. The number of para-hydroxylation sites is 1. The molecule has 4 aliphatic heterocycles. The Balaban J connectivity index is 1.01. The van der Waals surface area contributed by atoms with Crippen LogP contribution >= 0.6 is 11.6 Å². The number of nitrogen functional groups attached to an aromatic ring is 1. The van der Waals surface area contributed by atoms with Crippen molar-refractivity contribution in [2.45, 2.75) is 95.9 Å². The second-order valence-electron chi connectivity index (χ2n) is 17.3. The summed E-state index contributed by atoms with van der Waals surface area (Å²) in [4.78, 5) is 86.1. The molecule has 0 spiro atoms. The smallest absolute Gasteiger partial charge is 0.418 e. The molecule has 64 heavy (non-hydrogen) atoms. The molecular formula is C45H59ClF3N7O8. The summed E-state index contributed by atoms with van der Waals surface area (Å²) in [6.45, 7) is 5.18. The molecule has 2 atom stereocenters. The molecule has 350 valence electrons. The Hall–Kier alpha value is -5.26. The minimum absolute atomic E-state index is 0.00505. The number of anilines is 2. The molecular weight excluding hydrogens is 859 g/mol. The largest absolute Gasteiger partial charge is 0.458 e. The number of hydrogen-bond acceptors (Lipinski definition) is 9. The van der Waals surface area contributed by atoms with E-state index in [-0.39, 0.29) is 66.6 Å². The Bertz CT molecular complexity index is 2030. The van der Waals surface area contributed by atoms with E-state index in [1.807, 2.05) is 31.2 Å². The predicted octanol–water partition coefficient (Wildman–Crippen LogP) is 6.21. The first-order valence-corrected chi connectivity index (χ1v) is 22.6. The lowest BCUT2D eigenvalue weighted by atomic mass is 9.83. The number of urea groups is 1. The number of nitrogens with two attached hydrogens (primary N) is 1. The molecule has 3 saturated heterocycles. The van der Waals surface area contributed by atoms with E-state index in [0.29, 0.717) is 84.1 Å². The summed E-state index contributed by atoms with van der Waals surface area (Å²) in [7, 11) is 1.54. The first-order valence-electron chi connectivity index (χ1n) is 22.2. The van der Waals surface area contributed by atoms with Crippen molar-refractivity contribution in [3.63, 3.8) is 0 Å². The number of piperidine rings is 3. The van der Waals surface area contributed by atoms with Crippen molar-refractivity contribution in [2.75, 3.05) is 77.1 Å². The van der Waals surface area contributed by atoms with Crippen molar-refractivity contribution in [3.05, 3.63) is 58.1 Å². The van der Waals surface area contributed by atoms with Gasteiger partial charge in [-0.05, 0) is 98.9 Å². The second kappa shape index (κ2) is 21.6. The number of fused-ring (bicyclic) bond motifs is 1. The summed E-state index contributed by atoms with van der Waals surface area (Å²) >= 11 is 6.13. The van der Waals surface area contributed by atoms with Gasteiger partial charge in [-0.1, -0.05) is 36.7 Å². The van der Waals surface area contributed by atoms with E-state index in [2.05, 4.69) is 5.32 Å². The first kappa shape index (κ1) is 48.2. The van der Waals surface area contributed by atoms with Crippen molar-refractivity contribution in [2.24, 2.45) is 11.8 Å². The Labute approximate surface area is 376 Å². The molecule has 3 fully saturated rings. The average Bonchev–Trinajstić information content (AvgIpc) is 3.45. The number of halogens is 4. The zero-order valence-electron chi connectivity index (χ0n) is 36.5. The number of hydrogen-bond donors (Lipinski definition) is 2. The number of benzene rings is 2. The first-order chi connectivity index (χ1) is 30.5. The van der Waals surface area contributed by atoms with Crippen molar-refractivity contribution < 1.29 is 51.4 Å². The van der Waals surface area contributed by atoms with Crippen molar-refractivity contribution >= 4 is 58.8 Å². The summed E-state index contributed by atoms with van der Waals surface area (Å²) in [5, 5.41) is 2.62. The number of nitrogens with one attached hydrogen (secondary N) is 1. The van der Waals surface area contributed by atoms with Crippen LogP contribution in [0.4, 0.5) is 34.1 Å². The quantitative estimate of drug-likeness (QED) is 0.102. The van der Waals surface area contributed by atoms with Crippen LogP contribution in [0.25, 0.3) is 0 Å². The molecule has 2 aromatic rings. The molecule has 0 saturated carbocycles. The van der Waals surface area contributed by atoms with Gasteiger partial charge in [0.2, 0.25) is 5.91 Å². The molecule has 0 aliphatic carbocycles.